The lowest BCUT2D eigenvalue weighted by atomic mass is 9.90. The molecule has 1 aromatic heterocycles. The zero-order chi connectivity index (χ0) is 28.1. The first-order valence-electron chi connectivity index (χ1n) is 15.0. The molecule has 198 valence electrons. The molecule has 0 saturated carbocycles. The van der Waals surface area contributed by atoms with Gasteiger partial charge in [-0.3, -0.25) is 0 Å². The molecule has 0 N–H and O–H groups in total. The van der Waals surface area contributed by atoms with Gasteiger partial charge < -0.3 is 4.57 Å². The van der Waals surface area contributed by atoms with E-state index in [0.29, 0.717) is 0 Å². The highest BCUT2D eigenvalue weighted by molar-refractivity contribution is 6.31. The summed E-state index contributed by atoms with van der Waals surface area (Å²) in [5.41, 5.74) is 11.6. The average Bonchev–Trinajstić information content (AvgIpc) is 3.60. The SMILES string of the molecule is c1ccc(-n2c3ccccc3c3ccccc32)c(-c2ccc3c4c(cccc24)-c2c-3c3ccccc3c3ccccc23)c1. The fourth-order valence-corrected chi connectivity index (χ4v) is 7.84. The summed E-state index contributed by atoms with van der Waals surface area (Å²) in [5, 5.41) is 10.5. The number of aromatic nitrogens is 1. The van der Waals surface area contributed by atoms with Gasteiger partial charge in [0, 0.05) is 16.3 Å². The highest BCUT2D eigenvalue weighted by atomic mass is 15.0. The number of fused-ring (bicyclic) bond motifs is 11. The first-order valence-corrected chi connectivity index (χ1v) is 15.0. The Balaban J connectivity index is 1.31. The van der Waals surface area contributed by atoms with Crippen LogP contribution in [0.4, 0.5) is 0 Å². The summed E-state index contributed by atoms with van der Waals surface area (Å²) in [5.74, 6) is 0. The number of rotatable bonds is 2. The maximum atomic E-state index is 2.44. The molecule has 10 rings (SSSR count). The Kier molecular flexibility index (Phi) is 4.51. The van der Waals surface area contributed by atoms with Crippen molar-refractivity contribution in [1.82, 2.24) is 4.57 Å². The summed E-state index contributed by atoms with van der Waals surface area (Å²) < 4.78 is 2.44. The van der Waals surface area contributed by atoms with Crippen molar-refractivity contribution in [3.05, 3.63) is 152 Å². The van der Waals surface area contributed by atoms with Crippen LogP contribution in [0.3, 0.4) is 0 Å². The monoisotopic (exact) mass is 543 g/mol. The van der Waals surface area contributed by atoms with Gasteiger partial charge in [0.05, 0.1) is 16.7 Å². The molecule has 0 amide bonds. The van der Waals surface area contributed by atoms with Crippen molar-refractivity contribution in [3.8, 4) is 39.1 Å². The van der Waals surface area contributed by atoms with Crippen LogP contribution in [0.15, 0.2) is 152 Å². The van der Waals surface area contributed by atoms with Gasteiger partial charge in [0.1, 0.15) is 0 Å². The Morgan fingerprint density at radius 3 is 1.37 bits per heavy atom. The van der Waals surface area contributed by atoms with E-state index < -0.39 is 0 Å². The van der Waals surface area contributed by atoms with Crippen LogP contribution >= 0.6 is 0 Å². The quantitative estimate of drug-likeness (QED) is 0.191. The van der Waals surface area contributed by atoms with E-state index in [1.54, 1.807) is 0 Å². The van der Waals surface area contributed by atoms with Gasteiger partial charge in [0.25, 0.3) is 0 Å². The Labute approximate surface area is 248 Å². The molecule has 9 aromatic rings. The van der Waals surface area contributed by atoms with Crippen LogP contribution in [0.25, 0.3) is 93.2 Å². The average molecular weight is 544 g/mol. The molecule has 0 atom stereocenters. The van der Waals surface area contributed by atoms with E-state index in [2.05, 4.69) is 156 Å². The molecule has 1 nitrogen and oxygen atoms in total. The summed E-state index contributed by atoms with van der Waals surface area (Å²) in [4.78, 5) is 0. The number of hydrogen-bond donors (Lipinski definition) is 0. The van der Waals surface area contributed by atoms with E-state index in [0.717, 1.165) is 0 Å². The van der Waals surface area contributed by atoms with Crippen LogP contribution in [-0.2, 0) is 0 Å². The zero-order valence-electron chi connectivity index (χ0n) is 23.4. The van der Waals surface area contributed by atoms with Gasteiger partial charge in [-0.25, -0.2) is 0 Å². The molecule has 0 aliphatic heterocycles. The van der Waals surface area contributed by atoms with Crippen LogP contribution in [0.5, 0.6) is 0 Å². The lowest BCUT2D eigenvalue weighted by Gasteiger charge is -2.16. The lowest BCUT2D eigenvalue weighted by molar-refractivity contribution is 1.18. The van der Waals surface area contributed by atoms with E-state index in [4.69, 9.17) is 0 Å². The second-order valence-electron chi connectivity index (χ2n) is 11.6. The largest absolute Gasteiger partial charge is 0.309 e. The van der Waals surface area contributed by atoms with Gasteiger partial charge in [-0.2, -0.15) is 0 Å². The normalized spacial score (nSPS) is 12.2. The van der Waals surface area contributed by atoms with Crippen molar-refractivity contribution in [2.45, 2.75) is 0 Å². The molecule has 8 aromatic carbocycles. The first kappa shape index (κ1) is 23.0. The lowest BCUT2D eigenvalue weighted by Crippen LogP contribution is -1.97. The summed E-state index contributed by atoms with van der Waals surface area (Å²) in [6.07, 6.45) is 0. The smallest absolute Gasteiger partial charge is 0.0541 e. The fourth-order valence-electron chi connectivity index (χ4n) is 7.84. The van der Waals surface area contributed by atoms with E-state index in [-0.39, 0.29) is 0 Å². The molecular formula is C42H25N. The molecule has 43 heavy (non-hydrogen) atoms. The molecule has 0 bridgehead atoms. The highest BCUT2D eigenvalue weighted by Crippen LogP contribution is 2.55. The molecule has 1 aliphatic carbocycles. The van der Waals surface area contributed by atoms with Crippen molar-refractivity contribution >= 4 is 54.1 Å². The summed E-state index contributed by atoms with van der Waals surface area (Å²) in [7, 11) is 0. The van der Waals surface area contributed by atoms with Crippen LogP contribution in [0.2, 0.25) is 0 Å². The topological polar surface area (TPSA) is 4.93 Å². The van der Waals surface area contributed by atoms with Gasteiger partial charge in [-0.05, 0) is 78.3 Å². The minimum absolute atomic E-state index is 1.20. The Hall–Kier alpha value is -5.66. The van der Waals surface area contributed by atoms with E-state index in [1.165, 1.54) is 93.2 Å². The Morgan fingerprint density at radius 1 is 0.279 bits per heavy atom. The number of benzene rings is 8. The molecule has 0 unspecified atom stereocenters. The standard InChI is InChI=1S/C42H25N/c1-3-17-33-26(12-1)27-13-2-4-18-34(27)42-36-25-24-28(32-19-11-20-35(40(32)36)41(33)42)29-14-5-8-21-37(29)43-38-22-9-6-15-30(38)31-16-7-10-23-39(31)43/h1-25H. The summed E-state index contributed by atoms with van der Waals surface area (Å²) in [6.45, 7) is 0. The maximum Gasteiger partial charge on any atom is 0.0541 e. The number of hydrogen-bond acceptors (Lipinski definition) is 0. The Bertz CT molecular complexity index is 2490. The third-order valence-electron chi connectivity index (χ3n) is 9.53. The highest BCUT2D eigenvalue weighted by Gasteiger charge is 2.27. The van der Waals surface area contributed by atoms with E-state index >= 15 is 0 Å². The van der Waals surface area contributed by atoms with Crippen LogP contribution in [-0.4, -0.2) is 4.57 Å². The van der Waals surface area contributed by atoms with E-state index in [9.17, 15) is 0 Å². The predicted octanol–water partition coefficient (Wildman–Crippen LogP) is 11.6. The molecule has 0 fully saturated rings. The maximum absolute atomic E-state index is 2.44. The van der Waals surface area contributed by atoms with Gasteiger partial charge in [0.2, 0.25) is 0 Å². The molecule has 1 heteroatoms. The summed E-state index contributed by atoms with van der Waals surface area (Å²) in [6, 6.07) is 55.8. The zero-order valence-corrected chi connectivity index (χ0v) is 23.4. The number of nitrogens with zero attached hydrogens (tertiary/aromatic N) is 1. The third kappa shape index (κ3) is 2.96. The fraction of sp³-hybridized carbons (Fsp3) is 0. The van der Waals surface area contributed by atoms with Crippen molar-refractivity contribution < 1.29 is 0 Å². The van der Waals surface area contributed by atoms with Crippen molar-refractivity contribution in [1.29, 1.82) is 0 Å². The van der Waals surface area contributed by atoms with Crippen LogP contribution in [0.1, 0.15) is 0 Å². The Morgan fingerprint density at radius 2 is 0.721 bits per heavy atom. The first-order chi connectivity index (χ1) is 21.4. The minimum atomic E-state index is 1.20. The molecule has 0 saturated heterocycles. The molecule has 1 aliphatic rings. The van der Waals surface area contributed by atoms with Crippen LogP contribution in [0, 0.1) is 0 Å². The number of para-hydroxylation sites is 3. The van der Waals surface area contributed by atoms with Crippen LogP contribution < -0.4 is 0 Å². The van der Waals surface area contributed by atoms with Crippen molar-refractivity contribution in [2.24, 2.45) is 0 Å². The third-order valence-corrected chi connectivity index (χ3v) is 9.53. The van der Waals surface area contributed by atoms with Gasteiger partial charge in [-0.1, -0.05) is 133 Å². The van der Waals surface area contributed by atoms with Gasteiger partial charge in [0.15, 0.2) is 0 Å². The van der Waals surface area contributed by atoms with Gasteiger partial charge in [-0.15, -0.1) is 0 Å². The molecule has 0 radical (unpaired) electrons. The van der Waals surface area contributed by atoms with E-state index in [1.807, 2.05) is 0 Å². The van der Waals surface area contributed by atoms with Crippen molar-refractivity contribution in [2.75, 3.05) is 0 Å². The van der Waals surface area contributed by atoms with Crippen molar-refractivity contribution in [3.63, 3.8) is 0 Å². The minimum Gasteiger partial charge on any atom is -0.309 e. The molecular weight excluding hydrogens is 518 g/mol. The molecule has 1 heterocycles. The second kappa shape index (κ2) is 8.44. The van der Waals surface area contributed by atoms with Gasteiger partial charge >= 0.3 is 0 Å². The summed E-state index contributed by atoms with van der Waals surface area (Å²) >= 11 is 0. The predicted molar refractivity (Wildman–Crippen MR) is 183 cm³/mol. The molecule has 0 spiro atoms. The second-order valence-corrected chi connectivity index (χ2v) is 11.6.